The van der Waals surface area contributed by atoms with Crippen LogP contribution in [0.15, 0.2) is 54.2 Å². The van der Waals surface area contributed by atoms with E-state index < -0.39 is 12.2 Å². The number of fused-ring (bicyclic) bond motifs is 1. The van der Waals surface area contributed by atoms with Crippen molar-refractivity contribution in [3.63, 3.8) is 0 Å². The van der Waals surface area contributed by atoms with E-state index in [0.717, 1.165) is 16.6 Å². The average Bonchev–Trinajstić information content (AvgIpc) is 3.45. The maximum Gasteiger partial charge on any atom is 0.142 e. The van der Waals surface area contributed by atoms with Crippen molar-refractivity contribution >= 4 is 33.7 Å². The van der Waals surface area contributed by atoms with E-state index >= 15 is 0 Å². The van der Waals surface area contributed by atoms with Crippen LogP contribution in [0.4, 0.5) is 0 Å². The maximum atomic E-state index is 10.0. The van der Waals surface area contributed by atoms with Crippen molar-refractivity contribution < 1.29 is 14.9 Å². The van der Waals surface area contributed by atoms with Crippen molar-refractivity contribution in [3.05, 3.63) is 54.2 Å². The van der Waals surface area contributed by atoms with E-state index in [0.29, 0.717) is 6.42 Å². The van der Waals surface area contributed by atoms with Crippen LogP contribution in [0.25, 0.3) is 31.2 Å². The predicted octanol–water partition coefficient (Wildman–Crippen LogP) is 4.13. The molecule has 0 bridgehead atoms. The van der Waals surface area contributed by atoms with Gasteiger partial charge in [0, 0.05) is 44.4 Å². The zero-order chi connectivity index (χ0) is 18.4. The summed E-state index contributed by atoms with van der Waals surface area (Å²) in [6.07, 6.45) is 2.69. The van der Waals surface area contributed by atoms with E-state index in [1.165, 1.54) is 14.6 Å². The van der Waals surface area contributed by atoms with Crippen LogP contribution in [0.2, 0.25) is 0 Å². The number of thiophene rings is 2. The minimum Gasteiger partial charge on any atom is -0.394 e. The van der Waals surface area contributed by atoms with Gasteiger partial charge in [0.2, 0.25) is 0 Å². The van der Waals surface area contributed by atoms with Gasteiger partial charge in [-0.1, -0.05) is 6.07 Å². The van der Waals surface area contributed by atoms with E-state index in [4.69, 9.17) is 4.74 Å². The van der Waals surface area contributed by atoms with Gasteiger partial charge >= 0.3 is 0 Å². The van der Waals surface area contributed by atoms with Crippen molar-refractivity contribution in [1.29, 1.82) is 0 Å². The van der Waals surface area contributed by atoms with Crippen molar-refractivity contribution in [2.75, 3.05) is 6.61 Å². The Bertz CT molecular complexity index is 1070. The normalized spacial score (nSPS) is 22.7. The SMILES string of the molecule is OC[C@H]1O[C@@H](n2ccc3c(-c4ccc(-c5cccs5)s4)ccnc32)C[C@@H]1O. The molecule has 4 aromatic rings. The number of nitrogens with zero attached hydrogens (tertiary/aromatic N) is 2. The van der Waals surface area contributed by atoms with Crippen LogP contribution in [0.5, 0.6) is 0 Å². The van der Waals surface area contributed by atoms with Gasteiger partial charge in [-0.25, -0.2) is 4.98 Å². The number of aromatic nitrogens is 2. The molecule has 0 unspecified atom stereocenters. The Kier molecular flexibility index (Phi) is 4.34. The average molecular weight is 399 g/mol. The van der Waals surface area contributed by atoms with Crippen LogP contribution < -0.4 is 0 Å². The molecule has 1 fully saturated rings. The smallest absolute Gasteiger partial charge is 0.142 e. The van der Waals surface area contributed by atoms with Crippen LogP contribution in [0.1, 0.15) is 12.6 Å². The summed E-state index contributed by atoms with van der Waals surface area (Å²) in [5.41, 5.74) is 1.97. The molecule has 0 saturated carbocycles. The third-order valence-electron chi connectivity index (χ3n) is 4.95. The van der Waals surface area contributed by atoms with Gasteiger partial charge in [-0.3, -0.25) is 0 Å². The highest BCUT2D eigenvalue weighted by atomic mass is 32.1. The molecular weight excluding hydrogens is 380 g/mol. The highest BCUT2D eigenvalue weighted by molar-refractivity contribution is 7.23. The van der Waals surface area contributed by atoms with Gasteiger partial charge in [0.25, 0.3) is 0 Å². The topological polar surface area (TPSA) is 67.5 Å². The Hall–Kier alpha value is -2.03. The van der Waals surface area contributed by atoms with E-state index in [1.54, 1.807) is 22.7 Å². The molecule has 0 aliphatic carbocycles. The summed E-state index contributed by atoms with van der Waals surface area (Å²) in [5, 5.41) is 22.5. The molecule has 27 heavy (non-hydrogen) atoms. The first-order valence-corrected chi connectivity index (χ1v) is 10.5. The van der Waals surface area contributed by atoms with Gasteiger partial charge in [-0.05, 0) is 35.7 Å². The van der Waals surface area contributed by atoms with Crippen molar-refractivity contribution in [2.24, 2.45) is 0 Å². The summed E-state index contributed by atoms with van der Waals surface area (Å²) in [5.74, 6) is 0. The summed E-state index contributed by atoms with van der Waals surface area (Å²) >= 11 is 3.52. The van der Waals surface area contributed by atoms with E-state index in [-0.39, 0.29) is 12.8 Å². The first-order chi connectivity index (χ1) is 13.2. The second kappa shape index (κ2) is 6.85. The quantitative estimate of drug-likeness (QED) is 0.542. The molecule has 4 aromatic heterocycles. The number of rotatable bonds is 4. The second-order valence-electron chi connectivity index (χ2n) is 6.57. The van der Waals surface area contributed by atoms with E-state index in [1.807, 2.05) is 29.1 Å². The first kappa shape index (κ1) is 17.1. The molecule has 5 rings (SSSR count). The number of hydrogen-bond acceptors (Lipinski definition) is 6. The molecule has 0 spiro atoms. The van der Waals surface area contributed by atoms with Crippen LogP contribution in [-0.2, 0) is 4.74 Å². The molecule has 2 N–H and O–H groups in total. The van der Waals surface area contributed by atoms with E-state index in [9.17, 15) is 10.2 Å². The highest BCUT2D eigenvalue weighted by Crippen LogP contribution is 2.40. The molecule has 0 aromatic carbocycles. The lowest BCUT2D eigenvalue weighted by Gasteiger charge is -2.14. The highest BCUT2D eigenvalue weighted by Gasteiger charge is 2.35. The van der Waals surface area contributed by atoms with Crippen LogP contribution in [-0.4, -0.2) is 38.6 Å². The predicted molar refractivity (Wildman–Crippen MR) is 108 cm³/mol. The number of hydrogen-bond donors (Lipinski definition) is 2. The number of aliphatic hydroxyl groups excluding tert-OH is 2. The first-order valence-electron chi connectivity index (χ1n) is 8.78. The molecule has 0 radical (unpaired) electrons. The van der Waals surface area contributed by atoms with Crippen LogP contribution >= 0.6 is 22.7 Å². The Balaban J connectivity index is 1.53. The zero-order valence-corrected chi connectivity index (χ0v) is 16.0. The number of aliphatic hydroxyl groups is 2. The summed E-state index contributed by atoms with van der Waals surface area (Å²) in [6, 6.07) is 12.6. The lowest BCUT2D eigenvalue weighted by molar-refractivity contribution is -0.0430. The standard InChI is InChI=1S/C20H18N2O3S2/c23-11-15-14(24)10-19(25-15)22-8-6-13-12(5-7-21-20(13)22)16-3-4-18(27-16)17-2-1-9-26-17/h1-9,14-15,19,23-24H,10-11H2/t14-,15+,19+/m0/s1. The molecule has 3 atom stereocenters. The van der Waals surface area contributed by atoms with Gasteiger partial charge in [0.15, 0.2) is 0 Å². The third kappa shape index (κ3) is 2.92. The van der Waals surface area contributed by atoms with Gasteiger partial charge in [0.1, 0.15) is 18.0 Å². The van der Waals surface area contributed by atoms with Crippen LogP contribution in [0, 0.1) is 0 Å². The molecule has 1 aliphatic heterocycles. The fourth-order valence-corrected chi connectivity index (χ4v) is 5.47. The third-order valence-corrected chi connectivity index (χ3v) is 7.13. The summed E-state index contributed by atoms with van der Waals surface area (Å²) in [6.45, 7) is -0.184. The molecular formula is C20H18N2O3S2. The maximum absolute atomic E-state index is 10.0. The summed E-state index contributed by atoms with van der Waals surface area (Å²) < 4.78 is 7.75. The molecule has 7 heteroatoms. The minimum atomic E-state index is -0.661. The second-order valence-corrected chi connectivity index (χ2v) is 8.61. The molecule has 0 amide bonds. The fourth-order valence-electron chi connectivity index (χ4n) is 3.59. The Morgan fingerprint density at radius 1 is 1.15 bits per heavy atom. The molecule has 5 heterocycles. The number of pyridine rings is 1. The van der Waals surface area contributed by atoms with Gasteiger partial charge in [0.05, 0.1) is 12.7 Å². The summed E-state index contributed by atoms with van der Waals surface area (Å²) in [4.78, 5) is 8.29. The molecule has 138 valence electrons. The Morgan fingerprint density at radius 3 is 2.81 bits per heavy atom. The number of ether oxygens (including phenoxy) is 1. The lowest BCUT2D eigenvalue weighted by atomic mass is 10.1. The minimum absolute atomic E-state index is 0.184. The molecule has 1 saturated heterocycles. The van der Waals surface area contributed by atoms with Gasteiger partial charge in [-0.15, -0.1) is 22.7 Å². The zero-order valence-electron chi connectivity index (χ0n) is 14.4. The van der Waals surface area contributed by atoms with Gasteiger partial charge in [-0.2, -0.15) is 0 Å². The Labute approximate surface area is 164 Å². The molecule has 5 nitrogen and oxygen atoms in total. The van der Waals surface area contributed by atoms with Gasteiger partial charge < -0.3 is 19.5 Å². The van der Waals surface area contributed by atoms with E-state index in [2.05, 4.69) is 34.6 Å². The fraction of sp³-hybridized carbons (Fsp3) is 0.250. The summed E-state index contributed by atoms with van der Waals surface area (Å²) in [7, 11) is 0. The van der Waals surface area contributed by atoms with Crippen molar-refractivity contribution in [2.45, 2.75) is 24.9 Å². The van der Waals surface area contributed by atoms with Crippen molar-refractivity contribution in [3.8, 4) is 20.2 Å². The monoisotopic (exact) mass is 398 g/mol. The lowest BCUT2D eigenvalue weighted by Crippen LogP contribution is -2.24. The van der Waals surface area contributed by atoms with Crippen molar-refractivity contribution in [1.82, 2.24) is 9.55 Å². The molecule has 1 aliphatic rings. The largest absolute Gasteiger partial charge is 0.394 e. The Morgan fingerprint density at radius 2 is 2.04 bits per heavy atom. The van der Waals surface area contributed by atoms with Crippen LogP contribution in [0.3, 0.4) is 0 Å².